The first-order chi connectivity index (χ1) is 18.1. The predicted octanol–water partition coefficient (Wildman–Crippen LogP) is 7.81. The molecule has 2 heterocycles. The van der Waals surface area contributed by atoms with E-state index in [1.165, 1.54) is 46.3 Å². The van der Waals surface area contributed by atoms with Gasteiger partial charge < -0.3 is 13.7 Å². The SMILES string of the molecule is C#C.CCC.CCOc1c(OSc2ccc(C)cc2)ccc2c1CN1CCc3cc(OC)ccc3C1C2. The fourth-order valence-electron chi connectivity index (χ4n) is 4.77. The van der Waals surface area contributed by atoms with E-state index in [1.54, 1.807) is 7.11 Å². The van der Waals surface area contributed by atoms with E-state index in [0.717, 1.165) is 48.1 Å². The number of benzene rings is 3. The van der Waals surface area contributed by atoms with Crippen LogP contribution in [0.4, 0.5) is 0 Å². The molecule has 5 heteroatoms. The Morgan fingerprint density at radius 1 is 0.973 bits per heavy atom. The fourth-order valence-corrected chi connectivity index (χ4v) is 5.34. The van der Waals surface area contributed by atoms with Crippen molar-refractivity contribution in [2.24, 2.45) is 0 Å². The van der Waals surface area contributed by atoms with E-state index in [1.807, 2.05) is 6.92 Å². The Hall–Kier alpha value is -3.07. The van der Waals surface area contributed by atoms with E-state index < -0.39 is 0 Å². The van der Waals surface area contributed by atoms with Gasteiger partial charge in [0.05, 0.1) is 25.8 Å². The number of nitrogens with zero attached hydrogens (tertiary/aromatic N) is 1. The minimum Gasteiger partial charge on any atom is -0.497 e. The molecule has 0 bridgehead atoms. The molecule has 0 aromatic heterocycles. The number of terminal acetylenes is 1. The van der Waals surface area contributed by atoms with Crippen LogP contribution in [0.1, 0.15) is 61.1 Å². The van der Waals surface area contributed by atoms with Gasteiger partial charge in [-0.25, -0.2) is 0 Å². The molecule has 5 rings (SSSR count). The third-order valence-corrected chi connectivity index (χ3v) is 7.18. The zero-order valence-electron chi connectivity index (χ0n) is 22.8. The molecular formula is C32H39NO3S. The van der Waals surface area contributed by atoms with Gasteiger partial charge in [-0.05, 0) is 73.7 Å². The van der Waals surface area contributed by atoms with E-state index in [2.05, 4.69) is 93.1 Å². The Morgan fingerprint density at radius 3 is 2.38 bits per heavy atom. The van der Waals surface area contributed by atoms with Gasteiger partial charge in [0.1, 0.15) is 5.75 Å². The van der Waals surface area contributed by atoms with Crippen molar-refractivity contribution in [2.75, 3.05) is 20.3 Å². The number of aryl methyl sites for hydroxylation is 1. The van der Waals surface area contributed by atoms with Crippen molar-refractivity contribution in [2.45, 2.75) is 64.4 Å². The van der Waals surface area contributed by atoms with Gasteiger partial charge in [0.15, 0.2) is 11.5 Å². The normalized spacial score (nSPS) is 15.4. The van der Waals surface area contributed by atoms with Crippen LogP contribution in [0.5, 0.6) is 17.2 Å². The molecule has 3 aromatic rings. The lowest BCUT2D eigenvalue weighted by atomic mass is 9.83. The van der Waals surface area contributed by atoms with Gasteiger partial charge in [0.25, 0.3) is 0 Å². The summed E-state index contributed by atoms with van der Waals surface area (Å²) in [5.74, 6) is 2.64. The molecule has 196 valence electrons. The summed E-state index contributed by atoms with van der Waals surface area (Å²) in [5.41, 5.74) is 6.70. The van der Waals surface area contributed by atoms with E-state index in [-0.39, 0.29) is 0 Å². The lowest BCUT2D eigenvalue weighted by Crippen LogP contribution is -2.39. The Kier molecular flexibility index (Phi) is 10.8. The Morgan fingerprint density at radius 2 is 1.70 bits per heavy atom. The average molecular weight is 518 g/mol. The number of hydrogen-bond donors (Lipinski definition) is 0. The third-order valence-electron chi connectivity index (χ3n) is 6.45. The molecule has 2 aliphatic heterocycles. The van der Waals surface area contributed by atoms with E-state index in [9.17, 15) is 0 Å². The molecule has 3 aromatic carbocycles. The van der Waals surface area contributed by atoms with Crippen LogP contribution < -0.4 is 13.7 Å². The fraction of sp³-hybridized carbons (Fsp3) is 0.375. The number of hydrogen-bond acceptors (Lipinski definition) is 5. The summed E-state index contributed by atoms with van der Waals surface area (Å²) in [6.07, 6.45) is 11.3. The van der Waals surface area contributed by atoms with Crippen LogP contribution in [-0.2, 0) is 19.4 Å². The second-order valence-corrected chi connectivity index (χ2v) is 9.96. The first-order valence-electron chi connectivity index (χ1n) is 13.0. The maximum atomic E-state index is 6.16. The van der Waals surface area contributed by atoms with Crippen molar-refractivity contribution < 1.29 is 13.7 Å². The van der Waals surface area contributed by atoms with Crippen molar-refractivity contribution in [1.29, 1.82) is 0 Å². The first-order valence-corrected chi connectivity index (χ1v) is 13.7. The van der Waals surface area contributed by atoms with Crippen molar-refractivity contribution in [3.05, 3.63) is 82.4 Å². The molecule has 0 amide bonds. The molecule has 2 aliphatic rings. The van der Waals surface area contributed by atoms with Crippen LogP contribution >= 0.6 is 12.0 Å². The number of fused-ring (bicyclic) bond motifs is 4. The molecule has 0 aliphatic carbocycles. The smallest absolute Gasteiger partial charge is 0.180 e. The minimum absolute atomic E-state index is 0.403. The molecule has 37 heavy (non-hydrogen) atoms. The van der Waals surface area contributed by atoms with Crippen molar-refractivity contribution in [3.63, 3.8) is 0 Å². The van der Waals surface area contributed by atoms with Crippen molar-refractivity contribution >= 4 is 12.0 Å². The van der Waals surface area contributed by atoms with Crippen LogP contribution in [0, 0.1) is 19.8 Å². The lowest BCUT2D eigenvalue weighted by molar-refractivity contribution is 0.157. The zero-order valence-corrected chi connectivity index (χ0v) is 23.6. The number of rotatable bonds is 6. The molecule has 1 unspecified atom stereocenters. The summed E-state index contributed by atoms with van der Waals surface area (Å²) in [4.78, 5) is 3.66. The summed E-state index contributed by atoms with van der Waals surface area (Å²) in [6, 6.07) is 19.6. The summed E-state index contributed by atoms with van der Waals surface area (Å²) < 4.78 is 17.7. The highest BCUT2D eigenvalue weighted by Crippen LogP contribution is 2.45. The highest BCUT2D eigenvalue weighted by molar-refractivity contribution is 7.95. The third kappa shape index (κ3) is 6.83. The van der Waals surface area contributed by atoms with Gasteiger partial charge in [-0.15, -0.1) is 12.8 Å². The summed E-state index contributed by atoms with van der Waals surface area (Å²) in [6.45, 7) is 10.9. The summed E-state index contributed by atoms with van der Waals surface area (Å²) in [7, 11) is 1.74. The van der Waals surface area contributed by atoms with E-state index >= 15 is 0 Å². The van der Waals surface area contributed by atoms with Crippen LogP contribution in [-0.4, -0.2) is 25.2 Å². The molecule has 0 fully saturated rings. The van der Waals surface area contributed by atoms with Gasteiger partial charge in [0, 0.05) is 29.6 Å². The topological polar surface area (TPSA) is 30.9 Å². The maximum Gasteiger partial charge on any atom is 0.180 e. The second kappa shape index (κ2) is 14.0. The average Bonchev–Trinajstić information content (AvgIpc) is 2.93. The van der Waals surface area contributed by atoms with Crippen LogP contribution in [0.3, 0.4) is 0 Å². The minimum atomic E-state index is 0.403. The van der Waals surface area contributed by atoms with Crippen molar-refractivity contribution in [3.8, 4) is 30.1 Å². The second-order valence-electron chi connectivity index (χ2n) is 9.16. The largest absolute Gasteiger partial charge is 0.497 e. The lowest BCUT2D eigenvalue weighted by Gasteiger charge is -2.42. The number of methoxy groups -OCH3 is 1. The zero-order chi connectivity index (χ0) is 26.8. The van der Waals surface area contributed by atoms with Gasteiger partial charge >= 0.3 is 0 Å². The van der Waals surface area contributed by atoms with Crippen molar-refractivity contribution in [1.82, 2.24) is 4.90 Å². The van der Waals surface area contributed by atoms with E-state index in [4.69, 9.17) is 13.7 Å². The van der Waals surface area contributed by atoms with Gasteiger partial charge in [-0.2, -0.15) is 0 Å². The molecule has 1 atom stereocenters. The Balaban J connectivity index is 0.000000711. The van der Waals surface area contributed by atoms with Crippen LogP contribution in [0.25, 0.3) is 0 Å². The highest BCUT2D eigenvalue weighted by atomic mass is 32.2. The van der Waals surface area contributed by atoms with Gasteiger partial charge in [0.2, 0.25) is 0 Å². The maximum absolute atomic E-state index is 6.16. The van der Waals surface area contributed by atoms with Gasteiger partial charge in [-0.3, -0.25) is 4.90 Å². The molecule has 0 saturated heterocycles. The standard InChI is InChI=1S/C27H29NO3S.C3H8.C2H2/c1-4-30-27-24-17-28-14-13-20-15-21(29-3)8-11-23(20)25(28)16-19(24)7-12-26(27)31-32-22-9-5-18(2)6-10-22;1-3-2;1-2/h5-12,15,25H,4,13-14,16-17H2,1-3H3;3H2,1-2H3;1-2H. The van der Waals surface area contributed by atoms with Gasteiger partial charge in [-0.1, -0.05) is 50.1 Å². The molecule has 0 spiro atoms. The Labute approximate surface area is 227 Å². The molecular weight excluding hydrogens is 478 g/mol. The number of ether oxygens (including phenoxy) is 2. The molecule has 0 radical (unpaired) electrons. The highest BCUT2D eigenvalue weighted by Gasteiger charge is 2.34. The monoisotopic (exact) mass is 517 g/mol. The van der Waals surface area contributed by atoms with Crippen LogP contribution in [0.15, 0.2) is 59.5 Å². The molecule has 0 saturated carbocycles. The van der Waals surface area contributed by atoms with Crippen LogP contribution in [0.2, 0.25) is 0 Å². The summed E-state index contributed by atoms with van der Waals surface area (Å²) in [5, 5.41) is 0. The quantitative estimate of drug-likeness (QED) is 0.246. The first kappa shape index (κ1) is 28.5. The molecule has 0 N–H and O–H groups in total. The predicted molar refractivity (Wildman–Crippen MR) is 155 cm³/mol. The molecule has 4 nitrogen and oxygen atoms in total. The Bertz CT molecular complexity index is 1170. The summed E-state index contributed by atoms with van der Waals surface area (Å²) >= 11 is 1.38. The van der Waals surface area contributed by atoms with E-state index in [0.29, 0.717) is 12.6 Å².